The Morgan fingerprint density at radius 1 is 1.25 bits per heavy atom. The standard InChI is InChI=1S/C16H22N4O2S.ClH/c1-16(2)12-19(9-8-15(16)17)23(21,22)14-10-18-20(11-14)13-6-4-3-5-7-13;/h3-7,10-11,15H,8-9,12,17H2,1-2H3;1H. The first-order valence-corrected chi connectivity index (χ1v) is 9.10. The van der Waals surface area contributed by atoms with Gasteiger partial charge in [0.1, 0.15) is 4.90 Å². The van der Waals surface area contributed by atoms with Gasteiger partial charge in [-0.1, -0.05) is 32.0 Å². The van der Waals surface area contributed by atoms with Crippen molar-refractivity contribution in [3.8, 4) is 5.69 Å². The van der Waals surface area contributed by atoms with E-state index in [0.717, 1.165) is 5.69 Å². The predicted octanol–water partition coefficient (Wildman–Crippen LogP) is 2.04. The number of para-hydroxylation sites is 1. The Morgan fingerprint density at radius 3 is 2.54 bits per heavy atom. The van der Waals surface area contributed by atoms with Crippen LogP contribution in [0.25, 0.3) is 5.69 Å². The molecule has 132 valence electrons. The largest absolute Gasteiger partial charge is 0.327 e. The molecule has 1 unspecified atom stereocenters. The Kier molecular flexibility index (Phi) is 5.39. The highest BCUT2D eigenvalue weighted by Gasteiger charge is 2.39. The van der Waals surface area contributed by atoms with E-state index < -0.39 is 10.0 Å². The van der Waals surface area contributed by atoms with E-state index in [4.69, 9.17) is 5.73 Å². The zero-order valence-corrected chi connectivity index (χ0v) is 15.4. The Hall–Kier alpha value is -1.41. The first kappa shape index (κ1) is 18.9. The van der Waals surface area contributed by atoms with Gasteiger partial charge in [-0.25, -0.2) is 13.1 Å². The van der Waals surface area contributed by atoms with E-state index in [1.54, 1.807) is 10.9 Å². The molecule has 0 bridgehead atoms. The summed E-state index contributed by atoms with van der Waals surface area (Å²) < 4.78 is 28.8. The summed E-state index contributed by atoms with van der Waals surface area (Å²) >= 11 is 0. The van der Waals surface area contributed by atoms with Gasteiger partial charge in [0.15, 0.2) is 0 Å². The first-order valence-electron chi connectivity index (χ1n) is 7.66. The number of aromatic nitrogens is 2. The van der Waals surface area contributed by atoms with Crippen molar-refractivity contribution in [2.75, 3.05) is 13.1 Å². The SMILES string of the molecule is CC1(C)CN(S(=O)(=O)c2cnn(-c3ccccc3)c2)CCC1N.Cl. The lowest BCUT2D eigenvalue weighted by Gasteiger charge is -2.41. The maximum atomic E-state index is 12.9. The zero-order valence-electron chi connectivity index (χ0n) is 13.8. The number of halogens is 1. The molecule has 2 heterocycles. The summed E-state index contributed by atoms with van der Waals surface area (Å²) in [5.74, 6) is 0. The minimum absolute atomic E-state index is 0. The van der Waals surface area contributed by atoms with E-state index in [-0.39, 0.29) is 28.8 Å². The smallest absolute Gasteiger partial charge is 0.246 e. The Bertz CT molecular complexity index is 789. The molecule has 2 N–H and O–H groups in total. The van der Waals surface area contributed by atoms with Crippen molar-refractivity contribution >= 4 is 22.4 Å². The minimum Gasteiger partial charge on any atom is -0.327 e. The van der Waals surface area contributed by atoms with Gasteiger partial charge in [-0.15, -0.1) is 12.4 Å². The van der Waals surface area contributed by atoms with Gasteiger partial charge in [-0.05, 0) is 24.0 Å². The molecule has 1 aromatic carbocycles. The third-order valence-corrected chi connectivity index (χ3v) is 6.29. The normalized spacial score (nSPS) is 21.2. The molecule has 1 saturated heterocycles. The fourth-order valence-corrected chi connectivity index (χ4v) is 4.40. The fraction of sp³-hybridized carbons (Fsp3) is 0.438. The summed E-state index contributed by atoms with van der Waals surface area (Å²) in [6, 6.07) is 9.46. The van der Waals surface area contributed by atoms with Crippen LogP contribution in [0.1, 0.15) is 20.3 Å². The average molecular weight is 371 g/mol. The van der Waals surface area contributed by atoms with Gasteiger partial charge < -0.3 is 5.73 Å². The second-order valence-corrected chi connectivity index (χ2v) is 8.62. The summed E-state index contributed by atoms with van der Waals surface area (Å²) in [5, 5.41) is 4.18. The third kappa shape index (κ3) is 3.49. The highest BCUT2D eigenvalue weighted by atomic mass is 35.5. The molecular formula is C16H23ClN4O2S. The van der Waals surface area contributed by atoms with E-state index in [0.29, 0.717) is 19.5 Å². The number of benzene rings is 1. The molecule has 1 fully saturated rings. The number of rotatable bonds is 3. The van der Waals surface area contributed by atoms with E-state index in [1.165, 1.54) is 10.5 Å². The molecule has 1 aliphatic rings. The van der Waals surface area contributed by atoms with Crippen LogP contribution in [0.5, 0.6) is 0 Å². The van der Waals surface area contributed by atoms with Gasteiger partial charge >= 0.3 is 0 Å². The van der Waals surface area contributed by atoms with Crippen LogP contribution in [0.4, 0.5) is 0 Å². The second kappa shape index (κ2) is 6.84. The summed E-state index contributed by atoms with van der Waals surface area (Å²) in [7, 11) is -3.55. The number of piperidine rings is 1. The highest BCUT2D eigenvalue weighted by Crippen LogP contribution is 2.31. The van der Waals surface area contributed by atoms with Crippen molar-refractivity contribution in [3.63, 3.8) is 0 Å². The van der Waals surface area contributed by atoms with Crippen LogP contribution in [0.15, 0.2) is 47.6 Å². The monoisotopic (exact) mass is 370 g/mol. The summed E-state index contributed by atoms with van der Waals surface area (Å²) in [4.78, 5) is 0.215. The molecule has 0 amide bonds. The summed E-state index contributed by atoms with van der Waals surface area (Å²) in [6.45, 7) is 4.88. The van der Waals surface area contributed by atoms with Crippen molar-refractivity contribution in [2.24, 2.45) is 11.1 Å². The van der Waals surface area contributed by atoms with Crippen LogP contribution in [-0.4, -0.2) is 41.6 Å². The Morgan fingerprint density at radius 2 is 1.92 bits per heavy atom. The molecule has 1 aliphatic heterocycles. The van der Waals surface area contributed by atoms with Crippen molar-refractivity contribution in [2.45, 2.75) is 31.2 Å². The Labute approximate surface area is 149 Å². The summed E-state index contributed by atoms with van der Waals surface area (Å²) in [6.07, 6.45) is 3.63. The van der Waals surface area contributed by atoms with E-state index >= 15 is 0 Å². The van der Waals surface area contributed by atoms with E-state index in [9.17, 15) is 8.42 Å². The number of hydrogen-bond donors (Lipinski definition) is 1. The molecular weight excluding hydrogens is 348 g/mol. The molecule has 6 nitrogen and oxygen atoms in total. The maximum absolute atomic E-state index is 12.9. The van der Waals surface area contributed by atoms with Gasteiger partial charge in [0.25, 0.3) is 0 Å². The minimum atomic E-state index is -3.55. The molecule has 1 aromatic heterocycles. The third-order valence-electron chi connectivity index (χ3n) is 4.49. The number of nitrogens with two attached hydrogens (primary N) is 1. The van der Waals surface area contributed by atoms with Crippen LogP contribution in [0, 0.1) is 5.41 Å². The quantitative estimate of drug-likeness (QED) is 0.896. The van der Waals surface area contributed by atoms with Crippen LogP contribution in [-0.2, 0) is 10.0 Å². The predicted molar refractivity (Wildman–Crippen MR) is 95.9 cm³/mol. The molecule has 0 aliphatic carbocycles. The zero-order chi connectivity index (χ0) is 16.7. The Balaban J connectivity index is 0.00000208. The highest BCUT2D eigenvalue weighted by molar-refractivity contribution is 7.89. The molecule has 0 saturated carbocycles. The second-order valence-electron chi connectivity index (χ2n) is 6.68. The van der Waals surface area contributed by atoms with Crippen LogP contribution < -0.4 is 5.73 Å². The lowest BCUT2D eigenvalue weighted by molar-refractivity contribution is 0.155. The maximum Gasteiger partial charge on any atom is 0.246 e. The lowest BCUT2D eigenvalue weighted by Crippen LogP contribution is -2.53. The molecule has 3 rings (SSSR count). The van der Waals surface area contributed by atoms with Crippen LogP contribution >= 0.6 is 12.4 Å². The van der Waals surface area contributed by atoms with Gasteiger partial charge in [-0.2, -0.15) is 9.40 Å². The first-order chi connectivity index (χ1) is 10.8. The van der Waals surface area contributed by atoms with E-state index in [1.807, 2.05) is 44.2 Å². The van der Waals surface area contributed by atoms with Crippen molar-refractivity contribution in [3.05, 3.63) is 42.7 Å². The van der Waals surface area contributed by atoms with Gasteiger partial charge in [0.05, 0.1) is 18.1 Å². The molecule has 1 atom stereocenters. The van der Waals surface area contributed by atoms with Crippen LogP contribution in [0.2, 0.25) is 0 Å². The van der Waals surface area contributed by atoms with Crippen molar-refractivity contribution in [1.29, 1.82) is 0 Å². The number of sulfonamides is 1. The average Bonchev–Trinajstić information content (AvgIpc) is 3.01. The fourth-order valence-electron chi connectivity index (χ4n) is 2.84. The van der Waals surface area contributed by atoms with Gasteiger partial charge in [0.2, 0.25) is 10.0 Å². The molecule has 24 heavy (non-hydrogen) atoms. The van der Waals surface area contributed by atoms with Crippen LogP contribution in [0.3, 0.4) is 0 Å². The van der Waals surface area contributed by atoms with E-state index in [2.05, 4.69) is 5.10 Å². The number of hydrogen-bond acceptors (Lipinski definition) is 4. The van der Waals surface area contributed by atoms with Crippen molar-refractivity contribution < 1.29 is 8.42 Å². The summed E-state index contributed by atoms with van der Waals surface area (Å²) in [5.41, 5.74) is 6.69. The van der Waals surface area contributed by atoms with Gasteiger partial charge in [0, 0.05) is 19.1 Å². The molecule has 8 heteroatoms. The van der Waals surface area contributed by atoms with Crippen molar-refractivity contribution in [1.82, 2.24) is 14.1 Å². The molecule has 0 radical (unpaired) electrons. The lowest BCUT2D eigenvalue weighted by atomic mass is 9.81. The van der Waals surface area contributed by atoms with Gasteiger partial charge in [-0.3, -0.25) is 0 Å². The molecule has 2 aromatic rings. The number of nitrogens with zero attached hydrogens (tertiary/aromatic N) is 3. The topological polar surface area (TPSA) is 81.2 Å². The molecule has 0 spiro atoms.